The number of fused-ring (bicyclic) bond motifs is 1. The van der Waals surface area contributed by atoms with E-state index >= 15 is 0 Å². The molecule has 0 saturated heterocycles. The van der Waals surface area contributed by atoms with Gasteiger partial charge in [-0.1, -0.05) is 49.7 Å². The summed E-state index contributed by atoms with van der Waals surface area (Å²) in [5.74, 6) is 1.58. The third-order valence-electron chi connectivity index (χ3n) is 3.78. The summed E-state index contributed by atoms with van der Waals surface area (Å²) in [7, 11) is 0. The Balaban J connectivity index is 1.95. The van der Waals surface area contributed by atoms with Crippen LogP contribution >= 0.6 is 0 Å². The SMILES string of the molecule is CCCc1cccc(C(N)c2cccc3c2OCCO3)c1. The molecule has 3 rings (SSSR count). The van der Waals surface area contributed by atoms with Gasteiger partial charge in [0.2, 0.25) is 0 Å². The minimum absolute atomic E-state index is 0.196. The number of benzene rings is 2. The van der Waals surface area contributed by atoms with E-state index in [1.54, 1.807) is 0 Å². The third kappa shape index (κ3) is 2.88. The molecular weight excluding hydrogens is 262 g/mol. The summed E-state index contributed by atoms with van der Waals surface area (Å²) in [6, 6.07) is 14.2. The van der Waals surface area contributed by atoms with Crippen molar-refractivity contribution in [3.63, 3.8) is 0 Å². The van der Waals surface area contributed by atoms with Crippen molar-refractivity contribution in [2.24, 2.45) is 5.73 Å². The van der Waals surface area contributed by atoms with Crippen LogP contribution in [0, 0.1) is 0 Å². The molecule has 1 atom stereocenters. The van der Waals surface area contributed by atoms with Gasteiger partial charge in [0.15, 0.2) is 11.5 Å². The molecule has 0 saturated carbocycles. The number of hydrogen-bond acceptors (Lipinski definition) is 3. The maximum Gasteiger partial charge on any atom is 0.166 e. The molecule has 0 bridgehead atoms. The largest absolute Gasteiger partial charge is 0.486 e. The van der Waals surface area contributed by atoms with Crippen LogP contribution < -0.4 is 15.2 Å². The highest BCUT2D eigenvalue weighted by Gasteiger charge is 2.20. The van der Waals surface area contributed by atoms with Crippen LogP contribution in [0.4, 0.5) is 0 Å². The molecule has 3 nitrogen and oxygen atoms in total. The van der Waals surface area contributed by atoms with Crippen molar-refractivity contribution in [1.29, 1.82) is 0 Å². The van der Waals surface area contributed by atoms with Gasteiger partial charge < -0.3 is 15.2 Å². The lowest BCUT2D eigenvalue weighted by Crippen LogP contribution is -2.20. The van der Waals surface area contributed by atoms with Crippen molar-refractivity contribution in [3.8, 4) is 11.5 Å². The molecule has 0 radical (unpaired) electrons. The summed E-state index contributed by atoms with van der Waals surface area (Å²) in [5.41, 5.74) is 9.90. The maximum absolute atomic E-state index is 6.47. The van der Waals surface area contributed by atoms with E-state index in [1.807, 2.05) is 18.2 Å². The van der Waals surface area contributed by atoms with Gasteiger partial charge >= 0.3 is 0 Å². The summed E-state index contributed by atoms with van der Waals surface area (Å²) < 4.78 is 11.4. The van der Waals surface area contributed by atoms with Gasteiger partial charge in [-0.2, -0.15) is 0 Å². The van der Waals surface area contributed by atoms with Crippen LogP contribution in [0.1, 0.15) is 36.1 Å². The molecule has 21 heavy (non-hydrogen) atoms. The first-order chi connectivity index (χ1) is 10.3. The third-order valence-corrected chi connectivity index (χ3v) is 3.78. The lowest BCUT2D eigenvalue weighted by atomic mass is 9.96. The zero-order valence-corrected chi connectivity index (χ0v) is 12.3. The summed E-state index contributed by atoms with van der Waals surface area (Å²) in [6.45, 7) is 3.36. The number of rotatable bonds is 4. The van der Waals surface area contributed by atoms with Gasteiger partial charge in [0, 0.05) is 5.56 Å². The fourth-order valence-corrected chi connectivity index (χ4v) is 2.75. The molecule has 2 aromatic rings. The summed E-state index contributed by atoms with van der Waals surface area (Å²) >= 11 is 0. The first-order valence-corrected chi connectivity index (χ1v) is 7.52. The van der Waals surface area contributed by atoms with E-state index < -0.39 is 0 Å². The van der Waals surface area contributed by atoms with E-state index in [0.29, 0.717) is 13.2 Å². The first kappa shape index (κ1) is 14.0. The average Bonchev–Trinajstić information content (AvgIpc) is 2.54. The highest BCUT2D eigenvalue weighted by Crippen LogP contribution is 2.38. The van der Waals surface area contributed by atoms with Gasteiger partial charge in [-0.25, -0.2) is 0 Å². The Kier molecular flexibility index (Phi) is 4.11. The molecule has 3 heteroatoms. The topological polar surface area (TPSA) is 44.5 Å². The summed E-state index contributed by atoms with van der Waals surface area (Å²) in [6.07, 6.45) is 2.21. The van der Waals surface area contributed by atoms with Crippen LogP contribution in [0.2, 0.25) is 0 Å². The Hall–Kier alpha value is -2.00. The van der Waals surface area contributed by atoms with Crippen molar-refractivity contribution in [1.82, 2.24) is 0 Å². The number of para-hydroxylation sites is 1. The molecule has 1 unspecified atom stereocenters. The van der Waals surface area contributed by atoms with E-state index in [2.05, 4.69) is 31.2 Å². The van der Waals surface area contributed by atoms with Gasteiger partial charge in [-0.15, -0.1) is 0 Å². The molecule has 0 spiro atoms. The number of aryl methyl sites for hydroxylation is 1. The molecule has 1 aliphatic rings. The normalized spacial score (nSPS) is 14.8. The minimum Gasteiger partial charge on any atom is -0.486 e. The van der Waals surface area contributed by atoms with E-state index in [-0.39, 0.29) is 6.04 Å². The van der Waals surface area contributed by atoms with Crippen molar-refractivity contribution >= 4 is 0 Å². The lowest BCUT2D eigenvalue weighted by molar-refractivity contribution is 0.169. The average molecular weight is 283 g/mol. The van der Waals surface area contributed by atoms with Crippen molar-refractivity contribution in [2.75, 3.05) is 13.2 Å². The Labute approximate surface area is 125 Å². The van der Waals surface area contributed by atoms with Gasteiger partial charge in [0.25, 0.3) is 0 Å². The molecule has 110 valence electrons. The summed E-state index contributed by atoms with van der Waals surface area (Å²) in [4.78, 5) is 0. The second-order valence-electron chi connectivity index (χ2n) is 5.34. The van der Waals surface area contributed by atoms with Crippen LogP contribution in [0.3, 0.4) is 0 Å². The molecule has 1 heterocycles. The van der Waals surface area contributed by atoms with Crippen LogP contribution in [-0.2, 0) is 6.42 Å². The van der Waals surface area contributed by atoms with Crippen molar-refractivity contribution < 1.29 is 9.47 Å². The quantitative estimate of drug-likeness (QED) is 0.934. The Bertz CT molecular complexity index is 624. The fraction of sp³-hybridized carbons (Fsp3) is 0.333. The van der Waals surface area contributed by atoms with E-state index in [0.717, 1.165) is 35.5 Å². The van der Waals surface area contributed by atoms with Crippen LogP contribution in [0.15, 0.2) is 42.5 Å². The van der Waals surface area contributed by atoms with Gasteiger partial charge in [0.05, 0.1) is 6.04 Å². The molecule has 0 aliphatic carbocycles. The Morgan fingerprint density at radius 1 is 1.10 bits per heavy atom. The molecule has 2 N–H and O–H groups in total. The van der Waals surface area contributed by atoms with E-state index in [4.69, 9.17) is 15.2 Å². The van der Waals surface area contributed by atoms with Gasteiger partial charge in [-0.05, 0) is 23.6 Å². The highest BCUT2D eigenvalue weighted by atomic mass is 16.6. The lowest BCUT2D eigenvalue weighted by Gasteiger charge is -2.24. The molecule has 0 aromatic heterocycles. The molecule has 0 amide bonds. The smallest absolute Gasteiger partial charge is 0.166 e. The second-order valence-corrected chi connectivity index (χ2v) is 5.34. The standard InChI is InChI=1S/C18H21NO2/c1-2-5-13-6-3-7-14(12-13)17(19)15-8-4-9-16-18(15)21-11-10-20-16/h3-4,6-9,12,17H,2,5,10-11,19H2,1H3. The van der Waals surface area contributed by atoms with Crippen LogP contribution in [-0.4, -0.2) is 13.2 Å². The maximum atomic E-state index is 6.47. The first-order valence-electron chi connectivity index (χ1n) is 7.52. The predicted octanol–water partition coefficient (Wildman–Crippen LogP) is 3.46. The molecule has 0 fully saturated rings. The van der Waals surface area contributed by atoms with E-state index in [1.165, 1.54) is 5.56 Å². The van der Waals surface area contributed by atoms with Crippen LogP contribution in [0.5, 0.6) is 11.5 Å². The minimum atomic E-state index is -0.196. The van der Waals surface area contributed by atoms with Crippen molar-refractivity contribution in [2.45, 2.75) is 25.8 Å². The monoisotopic (exact) mass is 283 g/mol. The van der Waals surface area contributed by atoms with Gasteiger partial charge in [-0.3, -0.25) is 0 Å². The molecule has 2 aromatic carbocycles. The predicted molar refractivity (Wildman–Crippen MR) is 83.9 cm³/mol. The molecular formula is C18H21NO2. The highest BCUT2D eigenvalue weighted by molar-refractivity contribution is 5.51. The molecule has 1 aliphatic heterocycles. The zero-order valence-electron chi connectivity index (χ0n) is 12.3. The van der Waals surface area contributed by atoms with Crippen LogP contribution in [0.25, 0.3) is 0 Å². The summed E-state index contributed by atoms with van der Waals surface area (Å²) in [5, 5.41) is 0. The fourth-order valence-electron chi connectivity index (χ4n) is 2.75. The number of ether oxygens (including phenoxy) is 2. The van der Waals surface area contributed by atoms with Crippen molar-refractivity contribution in [3.05, 3.63) is 59.2 Å². The second kappa shape index (κ2) is 6.19. The van der Waals surface area contributed by atoms with Gasteiger partial charge in [0.1, 0.15) is 13.2 Å². The number of nitrogens with two attached hydrogens (primary N) is 1. The zero-order chi connectivity index (χ0) is 14.7. The Morgan fingerprint density at radius 3 is 2.76 bits per heavy atom. The Morgan fingerprint density at radius 2 is 1.90 bits per heavy atom. The number of hydrogen-bond donors (Lipinski definition) is 1. The van der Waals surface area contributed by atoms with E-state index in [9.17, 15) is 0 Å².